The van der Waals surface area contributed by atoms with E-state index in [1.54, 1.807) is 0 Å². The van der Waals surface area contributed by atoms with Crippen LogP contribution in [-0.2, 0) is 11.2 Å². The standard InChI is InChI=1S/C12H16N2O3/c13-6-5-9-1-3-10(4-2-9)16-8-11-7-14-12(15)17-11/h1-4,11H,5-8,13H2,(H,14,15). The number of nitrogens with one attached hydrogen (secondary N) is 1. The molecule has 0 aliphatic carbocycles. The molecule has 0 radical (unpaired) electrons. The highest BCUT2D eigenvalue weighted by Crippen LogP contribution is 2.13. The molecule has 5 nitrogen and oxygen atoms in total. The van der Waals surface area contributed by atoms with E-state index in [-0.39, 0.29) is 12.2 Å². The van der Waals surface area contributed by atoms with Crippen molar-refractivity contribution >= 4 is 6.09 Å². The fraction of sp³-hybridized carbons (Fsp3) is 0.417. The molecule has 1 aliphatic rings. The van der Waals surface area contributed by atoms with E-state index in [0.29, 0.717) is 19.7 Å². The molecule has 5 heteroatoms. The molecule has 1 atom stereocenters. The lowest BCUT2D eigenvalue weighted by molar-refractivity contribution is 0.105. The summed E-state index contributed by atoms with van der Waals surface area (Å²) in [6.07, 6.45) is 0.285. The van der Waals surface area contributed by atoms with Gasteiger partial charge in [0.2, 0.25) is 0 Å². The minimum Gasteiger partial charge on any atom is -0.490 e. The van der Waals surface area contributed by atoms with Gasteiger partial charge in [-0.1, -0.05) is 12.1 Å². The third-order valence-corrected chi connectivity index (χ3v) is 2.54. The Hall–Kier alpha value is -1.75. The Morgan fingerprint density at radius 3 is 2.76 bits per heavy atom. The second-order valence-electron chi connectivity index (χ2n) is 3.90. The van der Waals surface area contributed by atoms with Crippen LogP contribution in [0.1, 0.15) is 5.56 Å². The number of alkyl carbamates (subject to hydrolysis) is 1. The first-order valence-electron chi connectivity index (χ1n) is 5.64. The number of ether oxygens (including phenoxy) is 2. The minimum atomic E-state index is -0.378. The number of carbonyl (C=O) groups is 1. The molecule has 17 heavy (non-hydrogen) atoms. The number of benzene rings is 1. The molecule has 1 amide bonds. The maximum atomic E-state index is 10.8. The van der Waals surface area contributed by atoms with Gasteiger partial charge in [-0.3, -0.25) is 0 Å². The third kappa shape index (κ3) is 3.35. The van der Waals surface area contributed by atoms with Crippen molar-refractivity contribution in [3.05, 3.63) is 29.8 Å². The molecule has 2 rings (SSSR count). The van der Waals surface area contributed by atoms with Crippen molar-refractivity contribution in [3.63, 3.8) is 0 Å². The van der Waals surface area contributed by atoms with Crippen molar-refractivity contribution in [2.24, 2.45) is 5.73 Å². The topological polar surface area (TPSA) is 73.6 Å². The molecule has 1 fully saturated rings. The van der Waals surface area contributed by atoms with Gasteiger partial charge in [0, 0.05) is 0 Å². The molecule has 1 heterocycles. The van der Waals surface area contributed by atoms with Crippen molar-refractivity contribution in [1.82, 2.24) is 5.32 Å². The summed E-state index contributed by atoms with van der Waals surface area (Å²) in [6.45, 7) is 1.52. The van der Waals surface area contributed by atoms with Crippen molar-refractivity contribution in [3.8, 4) is 5.75 Å². The summed E-state index contributed by atoms with van der Waals surface area (Å²) < 4.78 is 10.5. The van der Waals surface area contributed by atoms with Gasteiger partial charge in [-0.15, -0.1) is 0 Å². The summed E-state index contributed by atoms with van der Waals surface area (Å²) in [7, 11) is 0. The zero-order valence-electron chi connectivity index (χ0n) is 9.52. The average molecular weight is 236 g/mol. The maximum absolute atomic E-state index is 10.8. The van der Waals surface area contributed by atoms with Crippen molar-refractivity contribution in [2.45, 2.75) is 12.5 Å². The van der Waals surface area contributed by atoms with Crippen LogP contribution in [0.2, 0.25) is 0 Å². The Kier molecular flexibility index (Phi) is 3.82. The van der Waals surface area contributed by atoms with E-state index < -0.39 is 0 Å². The summed E-state index contributed by atoms with van der Waals surface area (Å²) >= 11 is 0. The van der Waals surface area contributed by atoms with E-state index in [4.69, 9.17) is 15.2 Å². The Balaban J connectivity index is 1.80. The lowest BCUT2D eigenvalue weighted by Crippen LogP contribution is -2.21. The summed E-state index contributed by atoms with van der Waals surface area (Å²) in [5, 5.41) is 2.58. The second kappa shape index (κ2) is 5.54. The monoisotopic (exact) mass is 236 g/mol. The molecule has 1 saturated heterocycles. The highest BCUT2D eigenvalue weighted by molar-refractivity contribution is 5.69. The van der Waals surface area contributed by atoms with Crippen LogP contribution in [0.5, 0.6) is 5.75 Å². The van der Waals surface area contributed by atoms with Crippen LogP contribution in [0.4, 0.5) is 4.79 Å². The first-order chi connectivity index (χ1) is 8.28. The number of carbonyl (C=O) groups excluding carboxylic acids is 1. The van der Waals surface area contributed by atoms with Crippen LogP contribution in [0.3, 0.4) is 0 Å². The van der Waals surface area contributed by atoms with Gasteiger partial charge in [0.1, 0.15) is 12.4 Å². The molecule has 3 N–H and O–H groups in total. The Bertz CT molecular complexity index is 378. The molecule has 1 unspecified atom stereocenters. The van der Waals surface area contributed by atoms with Crippen molar-refractivity contribution in [2.75, 3.05) is 19.7 Å². The largest absolute Gasteiger partial charge is 0.490 e. The van der Waals surface area contributed by atoms with Crippen LogP contribution in [0.15, 0.2) is 24.3 Å². The lowest BCUT2D eigenvalue weighted by atomic mass is 10.1. The number of hydrogen-bond acceptors (Lipinski definition) is 4. The first kappa shape index (κ1) is 11.7. The van der Waals surface area contributed by atoms with Crippen molar-refractivity contribution < 1.29 is 14.3 Å². The Morgan fingerprint density at radius 2 is 2.18 bits per heavy atom. The predicted octanol–water partition coefficient (Wildman–Crippen LogP) is 0.675. The SMILES string of the molecule is NCCc1ccc(OCC2CNC(=O)O2)cc1. The van der Waals surface area contributed by atoms with Crippen LogP contribution in [-0.4, -0.2) is 31.9 Å². The van der Waals surface area contributed by atoms with Gasteiger partial charge >= 0.3 is 6.09 Å². The Morgan fingerprint density at radius 1 is 1.41 bits per heavy atom. The quantitative estimate of drug-likeness (QED) is 0.788. The minimum absolute atomic E-state index is 0.203. The fourth-order valence-corrected chi connectivity index (χ4v) is 1.63. The van der Waals surface area contributed by atoms with Crippen LogP contribution >= 0.6 is 0 Å². The molecule has 1 aromatic carbocycles. The molecule has 0 bridgehead atoms. The van der Waals surface area contributed by atoms with Gasteiger partial charge in [-0.25, -0.2) is 4.79 Å². The number of amides is 1. The zero-order valence-corrected chi connectivity index (χ0v) is 9.52. The van der Waals surface area contributed by atoms with E-state index in [1.807, 2.05) is 24.3 Å². The average Bonchev–Trinajstić information content (AvgIpc) is 2.75. The third-order valence-electron chi connectivity index (χ3n) is 2.54. The molecule has 1 aliphatic heterocycles. The predicted molar refractivity (Wildman–Crippen MR) is 63.0 cm³/mol. The summed E-state index contributed by atoms with van der Waals surface area (Å²) in [6, 6.07) is 7.77. The molecular formula is C12H16N2O3. The first-order valence-corrected chi connectivity index (χ1v) is 5.64. The maximum Gasteiger partial charge on any atom is 0.407 e. The molecular weight excluding hydrogens is 220 g/mol. The number of cyclic esters (lactones) is 1. The van der Waals surface area contributed by atoms with Crippen LogP contribution in [0, 0.1) is 0 Å². The summed E-state index contributed by atoms with van der Waals surface area (Å²) in [4.78, 5) is 10.8. The number of nitrogens with two attached hydrogens (primary N) is 1. The highest BCUT2D eigenvalue weighted by Gasteiger charge is 2.22. The second-order valence-corrected chi connectivity index (χ2v) is 3.90. The lowest BCUT2D eigenvalue weighted by Gasteiger charge is -2.10. The zero-order chi connectivity index (χ0) is 12.1. The van der Waals surface area contributed by atoms with Gasteiger partial charge in [0.15, 0.2) is 6.10 Å². The van der Waals surface area contributed by atoms with E-state index in [2.05, 4.69) is 5.32 Å². The van der Waals surface area contributed by atoms with E-state index in [1.165, 1.54) is 5.56 Å². The van der Waals surface area contributed by atoms with Gasteiger partial charge in [-0.2, -0.15) is 0 Å². The molecule has 0 aromatic heterocycles. The van der Waals surface area contributed by atoms with Gasteiger partial charge in [0.25, 0.3) is 0 Å². The van der Waals surface area contributed by atoms with Gasteiger partial charge in [-0.05, 0) is 30.7 Å². The fourth-order valence-electron chi connectivity index (χ4n) is 1.63. The highest BCUT2D eigenvalue weighted by atomic mass is 16.6. The van der Waals surface area contributed by atoms with E-state index >= 15 is 0 Å². The molecule has 0 saturated carbocycles. The van der Waals surface area contributed by atoms with E-state index in [9.17, 15) is 4.79 Å². The summed E-state index contributed by atoms with van der Waals surface area (Å²) in [5.41, 5.74) is 6.66. The molecule has 92 valence electrons. The van der Waals surface area contributed by atoms with Crippen LogP contribution < -0.4 is 15.8 Å². The Labute approximate surface area is 99.9 Å². The van der Waals surface area contributed by atoms with Crippen molar-refractivity contribution in [1.29, 1.82) is 0 Å². The number of rotatable bonds is 5. The van der Waals surface area contributed by atoms with Gasteiger partial charge in [0.05, 0.1) is 6.54 Å². The van der Waals surface area contributed by atoms with E-state index in [0.717, 1.165) is 12.2 Å². The van der Waals surface area contributed by atoms with Gasteiger partial charge < -0.3 is 20.5 Å². The summed E-state index contributed by atoms with van der Waals surface area (Å²) in [5.74, 6) is 0.772. The molecule has 1 aromatic rings. The smallest absolute Gasteiger partial charge is 0.407 e. The molecule has 0 spiro atoms. The number of hydrogen-bond donors (Lipinski definition) is 2. The normalized spacial score (nSPS) is 18.6. The van der Waals surface area contributed by atoms with Crippen LogP contribution in [0.25, 0.3) is 0 Å².